The van der Waals surface area contributed by atoms with Crippen molar-refractivity contribution in [2.75, 3.05) is 11.9 Å². The first kappa shape index (κ1) is 26.0. The van der Waals surface area contributed by atoms with Gasteiger partial charge in [-0.05, 0) is 52.7 Å². The van der Waals surface area contributed by atoms with Crippen LogP contribution in [0.1, 0.15) is 29.7 Å². The molecule has 0 spiro atoms. The van der Waals surface area contributed by atoms with Gasteiger partial charge in [-0.15, -0.1) is 0 Å². The van der Waals surface area contributed by atoms with Crippen molar-refractivity contribution in [3.8, 4) is 11.1 Å². The Labute approximate surface area is 231 Å². The van der Waals surface area contributed by atoms with Crippen molar-refractivity contribution in [2.45, 2.75) is 39.0 Å². The third kappa shape index (κ3) is 5.32. The van der Waals surface area contributed by atoms with Crippen LogP contribution in [-0.2, 0) is 11.3 Å². The van der Waals surface area contributed by atoms with Crippen molar-refractivity contribution < 1.29 is 14.0 Å². The summed E-state index contributed by atoms with van der Waals surface area (Å²) in [6.07, 6.45) is 2.26. The van der Waals surface area contributed by atoms with Gasteiger partial charge in [0.2, 0.25) is 5.91 Å². The first-order valence-electron chi connectivity index (χ1n) is 11.9. The number of rotatable bonds is 6. The SMILES string of the molecule is CC(=O)c1nn(CC(=S)N2CC(F)CC2C(=O)Nc2cccc(Br)n2)c2ccc(-c3cnc(C)nc3)cc12. The number of ketones is 1. The Bertz CT molecular complexity index is 1560. The quantitative estimate of drug-likeness (QED) is 0.197. The highest BCUT2D eigenvalue weighted by Gasteiger charge is 2.38. The Morgan fingerprint density at radius 1 is 1.18 bits per heavy atom. The van der Waals surface area contributed by atoms with Crippen LogP contribution in [-0.4, -0.2) is 65.1 Å². The number of amides is 1. The van der Waals surface area contributed by atoms with E-state index in [4.69, 9.17) is 12.2 Å². The van der Waals surface area contributed by atoms with Crippen molar-refractivity contribution in [2.24, 2.45) is 0 Å². The van der Waals surface area contributed by atoms with Crippen LogP contribution in [0.4, 0.5) is 10.2 Å². The summed E-state index contributed by atoms with van der Waals surface area (Å²) in [6, 6.07) is 9.99. The van der Waals surface area contributed by atoms with Gasteiger partial charge in [0.25, 0.3) is 0 Å². The summed E-state index contributed by atoms with van der Waals surface area (Å²) in [6.45, 7) is 3.37. The molecule has 194 valence electrons. The third-order valence-corrected chi connectivity index (χ3v) is 7.13. The molecule has 38 heavy (non-hydrogen) atoms. The highest BCUT2D eigenvalue weighted by Crippen LogP contribution is 2.28. The van der Waals surface area contributed by atoms with Crippen LogP contribution in [0, 0.1) is 6.92 Å². The molecule has 1 aliphatic rings. The molecule has 0 radical (unpaired) electrons. The summed E-state index contributed by atoms with van der Waals surface area (Å²) in [5, 5.41) is 7.94. The van der Waals surface area contributed by atoms with Gasteiger partial charge in [0.05, 0.1) is 18.6 Å². The monoisotopic (exact) mass is 595 g/mol. The summed E-state index contributed by atoms with van der Waals surface area (Å²) in [4.78, 5) is 40.1. The molecular formula is C26H23BrFN7O2S. The van der Waals surface area contributed by atoms with Gasteiger partial charge in [0, 0.05) is 36.7 Å². The summed E-state index contributed by atoms with van der Waals surface area (Å²) in [7, 11) is 0. The maximum atomic E-state index is 14.5. The number of nitrogens with zero attached hydrogens (tertiary/aromatic N) is 6. The molecule has 4 aromatic rings. The number of benzene rings is 1. The van der Waals surface area contributed by atoms with Crippen LogP contribution in [0.25, 0.3) is 22.0 Å². The molecule has 0 aliphatic carbocycles. The van der Waals surface area contributed by atoms with Crippen LogP contribution in [0.5, 0.6) is 0 Å². The number of aromatic nitrogens is 5. The lowest BCUT2D eigenvalue weighted by atomic mass is 10.0. The van der Waals surface area contributed by atoms with E-state index in [2.05, 4.69) is 41.3 Å². The predicted octanol–water partition coefficient (Wildman–Crippen LogP) is 4.54. The zero-order valence-corrected chi connectivity index (χ0v) is 23.0. The van der Waals surface area contributed by atoms with Gasteiger partial charge in [0.15, 0.2) is 5.78 Å². The lowest BCUT2D eigenvalue weighted by Crippen LogP contribution is -2.44. The maximum Gasteiger partial charge on any atom is 0.248 e. The topological polar surface area (TPSA) is 106 Å². The van der Waals surface area contributed by atoms with E-state index in [1.165, 1.54) is 6.92 Å². The number of fused-ring (bicyclic) bond motifs is 1. The average molecular weight is 596 g/mol. The number of carbonyl (C=O) groups is 2. The number of anilines is 1. The fourth-order valence-corrected chi connectivity index (χ4v) is 5.16. The van der Waals surface area contributed by atoms with E-state index in [0.29, 0.717) is 37.8 Å². The molecule has 1 amide bonds. The second kappa shape index (κ2) is 10.6. The lowest BCUT2D eigenvalue weighted by Gasteiger charge is -2.26. The van der Waals surface area contributed by atoms with Crippen molar-refractivity contribution in [1.82, 2.24) is 29.6 Å². The van der Waals surface area contributed by atoms with Gasteiger partial charge in [-0.25, -0.2) is 19.3 Å². The molecule has 4 heterocycles. The van der Waals surface area contributed by atoms with E-state index in [-0.39, 0.29) is 25.3 Å². The standard InChI is InChI=1S/C26H23BrFN7O2S/c1-14(36)25-19-8-16(17-10-29-15(2)30-11-17)6-7-20(19)35(33-25)13-24(38)34-12-18(28)9-21(34)26(37)32-23-5-3-4-22(27)31-23/h3-8,10-11,18,21H,9,12-13H2,1-2H3,(H,31,32,37). The molecule has 0 saturated carbocycles. The summed E-state index contributed by atoms with van der Waals surface area (Å²) < 4.78 is 16.7. The Morgan fingerprint density at radius 3 is 2.66 bits per heavy atom. The van der Waals surface area contributed by atoms with Crippen molar-refractivity contribution in [3.05, 3.63) is 64.9 Å². The van der Waals surface area contributed by atoms with Crippen molar-refractivity contribution in [1.29, 1.82) is 0 Å². The van der Waals surface area contributed by atoms with E-state index in [0.717, 1.165) is 11.1 Å². The van der Waals surface area contributed by atoms with Crippen molar-refractivity contribution in [3.63, 3.8) is 0 Å². The van der Waals surface area contributed by atoms with Gasteiger partial charge in [-0.2, -0.15) is 5.10 Å². The summed E-state index contributed by atoms with van der Waals surface area (Å²) in [5.41, 5.74) is 2.66. The summed E-state index contributed by atoms with van der Waals surface area (Å²) in [5.74, 6) is 0.438. The van der Waals surface area contributed by atoms with Gasteiger partial charge in [-0.1, -0.05) is 24.4 Å². The van der Waals surface area contributed by atoms with Crippen LogP contribution in [0.3, 0.4) is 0 Å². The van der Waals surface area contributed by atoms with Crippen LogP contribution < -0.4 is 5.32 Å². The average Bonchev–Trinajstić information content (AvgIpc) is 3.45. The van der Waals surface area contributed by atoms with E-state index in [1.54, 1.807) is 40.2 Å². The number of alkyl halides is 1. The van der Waals surface area contributed by atoms with E-state index < -0.39 is 18.1 Å². The number of pyridine rings is 1. The van der Waals surface area contributed by atoms with Crippen LogP contribution >= 0.6 is 28.1 Å². The molecule has 1 N–H and O–H groups in total. The minimum absolute atomic E-state index is 0.000822. The molecule has 1 saturated heterocycles. The number of likely N-dealkylation sites (tertiary alicyclic amines) is 1. The molecule has 2 unspecified atom stereocenters. The first-order valence-corrected chi connectivity index (χ1v) is 13.1. The zero-order valence-electron chi connectivity index (χ0n) is 20.6. The molecule has 9 nitrogen and oxygen atoms in total. The minimum Gasteiger partial charge on any atom is -0.350 e. The molecule has 3 aromatic heterocycles. The number of hydrogen-bond acceptors (Lipinski definition) is 7. The van der Waals surface area contributed by atoms with Gasteiger partial charge in [0.1, 0.15) is 39.1 Å². The van der Waals surface area contributed by atoms with Gasteiger partial charge >= 0.3 is 0 Å². The second-order valence-electron chi connectivity index (χ2n) is 9.04. The largest absolute Gasteiger partial charge is 0.350 e. The molecule has 1 aromatic carbocycles. The number of Topliss-reactive ketones (excluding diaryl/α,β-unsaturated/α-hetero) is 1. The van der Waals surface area contributed by atoms with Crippen LogP contribution in [0.2, 0.25) is 0 Å². The zero-order chi connectivity index (χ0) is 27.0. The molecule has 0 bridgehead atoms. The maximum absolute atomic E-state index is 14.5. The first-order chi connectivity index (χ1) is 18.2. The normalized spacial score (nSPS) is 17.1. The Hall–Kier alpha value is -3.64. The number of nitrogens with one attached hydrogen (secondary N) is 1. The minimum atomic E-state index is -1.21. The number of carbonyl (C=O) groups excluding carboxylic acids is 2. The van der Waals surface area contributed by atoms with Crippen LogP contribution in [0.15, 0.2) is 53.4 Å². The number of thiocarbonyl (C=S) groups is 1. The molecule has 2 atom stereocenters. The molecule has 1 fully saturated rings. The molecule has 12 heteroatoms. The van der Waals surface area contributed by atoms with E-state index >= 15 is 0 Å². The summed E-state index contributed by atoms with van der Waals surface area (Å²) >= 11 is 8.95. The molecular weight excluding hydrogens is 573 g/mol. The van der Waals surface area contributed by atoms with E-state index in [9.17, 15) is 14.0 Å². The highest BCUT2D eigenvalue weighted by atomic mass is 79.9. The van der Waals surface area contributed by atoms with Crippen molar-refractivity contribution >= 4 is 61.5 Å². The molecule has 1 aliphatic heterocycles. The lowest BCUT2D eigenvalue weighted by molar-refractivity contribution is -0.119. The van der Waals surface area contributed by atoms with Gasteiger partial charge < -0.3 is 10.2 Å². The Balaban J connectivity index is 1.41. The Kier molecular flexibility index (Phi) is 7.26. The molecule has 5 rings (SSSR count). The third-order valence-electron chi connectivity index (χ3n) is 6.32. The fourth-order valence-electron chi connectivity index (χ4n) is 4.50. The van der Waals surface area contributed by atoms with Gasteiger partial charge in [-0.3, -0.25) is 14.3 Å². The van der Waals surface area contributed by atoms with E-state index in [1.807, 2.05) is 25.1 Å². The Morgan fingerprint density at radius 2 is 1.95 bits per heavy atom. The fraction of sp³-hybridized carbons (Fsp3) is 0.269. The number of halogens is 2. The predicted molar refractivity (Wildman–Crippen MR) is 149 cm³/mol. The smallest absolute Gasteiger partial charge is 0.248 e. The number of hydrogen-bond donors (Lipinski definition) is 1. The number of aryl methyl sites for hydroxylation is 1. The highest BCUT2D eigenvalue weighted by molar-refractivity contribution is 9.10. The second-order valence-corrected chi connectivity index (χ2v) is 10.3.